The number of benzene rings is 2. The maximum atomic E-state index is 13.7. The Bertz CT molecular complexity index is 556. The molecule has 0 aliphatic rings. The molecular formula is C18H22FNO. The summed E-state index contributed by atoms with van der Waals surface area (Å²) in [7, 11) is 0. The van der Waals surface area contributed by atoms with Crippen molar-refractivity contribution in [3.8, 4) is 0 Å². The fourth-order valence-electron chi connectivity index (χ4n) is 2.38. The van der Waals surface area contributed by atoms with Crippen molar-refractivity contribution in [1.29, 1.82) is 0 Å². The third-order valence-electron chi connectivity index (χ3n) is 3.58. The van der Waals surface area contributed by atoms with E-state index in [0.717, 1.165) is 5.56 Å². The Kier molecular flexibility index (Phi) is 5.48. The van der Waals surface area contributed by atoms with Crippen molar-refractivity contribution in [2.24, 2.45) is 11.7 Å². The van der Waals surface area contributed by atoms with E-state index in [0.29, 0.717) is 5.56 Å². The third kappa shape index (κ3) is 4.13. The Labute approximate surface area is 125 Å². The summed E-state index contributed by atoms with van der Waals surface area (Å²) >= 11 is 0. The summed E-state index contributed by atoms with van der Waals surface area (Å²) in [5.74, 6) is 0.000248. The van der Waals surface area contributed by atoms with Crippen molar-refractivity contribution >= 4 is 0 Å². The monoisotopic (exact) mass is 287 g/mol. The standard InChI is InChI=1S/C18H22FNO/c1-13(2)18(17(20)14-8-4-3-5-9-14)21-12-15-10-6-7-11-16(15)19/h3-11,13,17-18H,12,20H2,1-2H3. The fraction of sp³-hybridized carbons (Fsp3) is 0.333. The van der Waals surface area contributed by atoms with Crippen LogP contribution in [0.1, 0.15) is 31.0 Å². The molecule has 0 radical (unpaired) electrons. The minimum Gasteiger partial charge on any atom is -0.371 e. The highest BCUT2D eigenvalue weighted by Gasteiger charge is 2.23. The molecule has 21 heavy (non-hydrogen) atoms. The van der Waals surface area contributed by atoms with Crippen molar-refractivity contribution in [2.75, 3.05) is 0 Å². The maximum absolute atomic E-state index is 13.7. The summed E-state index contributed by atoms with van der Waals surface area (Å²) in [6.45, 7) is 4.36. The molecule has 0 heterocycles. The number of hydrogen-bond acceptors (Lipinski definition) is 2. The minimum absolute atomic E-state index is 0.160. The zero-order valence-electron chi connectivity index (χ0n) is 12.5. The Hall–Kier alpha value is -1.71. The van der Waals surface area contributed by atoms with Gasteiger partial charge in [0.15, 0.2) is 0 Å². The molecule has 3 heteroatoms. The van der Waals surface area contributed by atoms with Crippen LogP contribution in [0.4, 0.5) is 4.39 Å². The third-order valence-corrected chi connectivity index (χ3v) is 3.58. The van der Waals surface area contributed by atoms with Gasteiger partial charge in [-0.1, -0.05) is 62.4 Å². The van der Waals surface area contributed by atoms with E-state index in [1.807, 2.05) is 36.4 Å². The fourth-order valence-corrected chi connectivity index (χ4v) is 2.38. The Morgan fingerprint density at radius 3 is 2.24 bits per heavy atom. The first-order valence-corrected chi connectivity index (χ1v) is 7.25. The predicted octanol–water partition coefficient (Wildman–Crippen LogP) is 4.07. The van der Waals surface area contributed by atoms with Crippen molar-refractivity contribution in [1.82, 2.24) is 0 Å². The van der Waals surface area contributed by atoms with Gasteiger partial charge in [0.2, 0.25) is 0 Å². The zero-order chi connectivity index (χ0) is 15.2. The van der Waals surface area contributed by atoms with Crippen LogP contribution in [0.2, 0.25) is 0 Å². The van der Waals surface area contributed by atoms with E-state index < -0.39 is 0 Å². The SMILES string of the molecule is CC(C)C(OCc1ccccc1F)C(N)c1ccccc1. The second kappa shape index (κ2) is 7.34. The molecule has 0 fully saturated rings. The first-order valence-electron chi connectivity index (χ1n) is 7.25. The molecule has 0 saturated carbocycles. The second-order valence-corrected chi connectivity index (χ2v) is 5.55. The van der Waals surface area contributed by atoms with E-state index in [1.54, 1.807) is 12.1 Å². The average Bonchev–Trinajstić information content (AvgIpc) is 2.49. The first kappa shape index (κ1) is 15.7. The molecule has 0 aromatic heterocycles. The van der Waals surface area contributed by atoms with Crippen LogP contribution in [0.25, 0.3) is 0 Å². The van der Waals surface area contributed by atoms with Crippen molar-refractivity contribution in [2.45, 2.75) is 32.6 Å². The second-order valence-electron chi connectivity index (χ2n) is 5.55. The number of halogens is 1. The Morgan fingerprint density at radius 2 is 1.62 bits per heavy atom. The number of rotatable bonds is 6. The van der Waals surface area contributed by atoms with Crippen LogP contribution < -0.4 is 5.73 Å². The highest BCUT2D eigenvalue weighted by molar-refractivity contribution is 5.20. The highest BCUT2D eigenvalue weighted by Crippen LogP contribution is 2.24. The molecular weight excluding hydrogens is 265 g/mol. The normalized spacial score (nSPS) is 14.1. The van der Waals surface area contributed by atoms with Gasteiger partial charge in [0.1, 0.15) is 5.82 Å². The van der Waals surface area contributed by atoms with Gasteiger partial charge in [0.25, 0.3) is 0 Å². The molecule has 2 rings (SSSR count). The summed E-state index contributed by atoms with van der Waals surface area (Å²) < 4.78 is 19.6. The van der Waals surface area contributed by atoms with Gasteiger partial charge < -0.3 is 10.5 Å². The summed E-state index contributed by atoms with van der Waals surface area (Å²) in [5, 5.41) is 0. The number of ether oxygens (including phenoxy) is 1. The highest BCUT2D eigenvalue weighted by atomic mass is 19.1. The van der Waals surface area contributed by atoms with Gasteiger partial charge in [-0.2, -0.15) is 0 Å². The van der Waals surface area contributed by atoms with Crippen LogP contribution in [-0.4, -0.2) is 6.10 Å². The lowest BCUT2D eigenvalue weighted by Gasteiger charge is -2.28. The van der Waals surface area contributed by atoms with Crippen LogP contribution in [-0.2, 0) is 11.3 Å². The molecule has 0 aliphatic carbocycles. The topological polar surface area (TPSA) is 35.2 Å². The Morgan fingerprint density at radius 1 is 1.00 bits per heavy atom. The largest absolute Gasteiger partial charge is 0.371 e. The van der Waals surface area contributed by atoms with Crippen LogP contribution in [0.15, 0.2) is 54.6 Å². The summed E-state index contributed by atoms with van der Waals surface area (Å²) in [5.41, 5.74) is 7.91. The number of nitrogens with two attached hydrogens (primary N) is 1. The average molecular weight is 287 g/mol. The van der Waals surface area contributed by atoms with E-state index in [-0.39, 0.29) is 30.5 Å². The van der Waals surface area contributed by atoms with E-state index in [2.05, 4.69) is 13.8 Å². The van der Waals surface area contributed by atoms with Crippen molar-refractivity contribution < 1.29 is 9.13 Å². The van der Waals surface area contributed by atoms with Crippen LogP contribution in [0, 0.1) is 11.7 Å². The Balaban J connectivity index is 2.08. The molecule has 2 N–H and O–H groups in total. The van der Waals surface area contributed by atoms with E-state index in [4.69, 9.17) is 10.5 Å². The zero-order valence-corrected chi connectivity index (χ0v) is 12.5. The quantitative estimate of drug-likeness (QED) is 0.869. The lowest BCUT2D eigenvalue weighted by molar-refractivity contribution is -0.00768. The predicted molar refractivity (Wildman–Crippen MR) is 83.2 cm³/mol. The molecule has 2 aromatic rings. The molecule has 2 aromatic carbocycles. The van der Waals surface area contributed by atoms with Gasteiger partial charge in [-0.25, -0.2) is 4.39 Å². The van der Waals surface area contributed by atoms with Crippen LogP contribution >= 0.6 is 0 Å². The molecule has 2 unspecified atom stereocenters. The minimum atomic E-state index is -0.242. The van der Waals surface area contributed by atoms with Gasteiger partial charge in [0.05, 0.1) is 18.8 Å². The van der Waals surface area contributed by atoms with Crippen molar-refractivity contribution in [3.63, 3.8) is 0 Å². The molecule has 2 nitrogen and oxygen atoms in total. The smallest absolute Gasteiger partial charge is 0.128 e. The molecule has 0 saturated heterocycles. The van der Waals surface area contributed by atoms with Gasteiger partial charge >= 0.3 is 0 Å². The first-order chi connectivity index (χ1) is 10.1. The summed E-state index contributed by atoms with van der Waals surface area (Å²) in [4.78, 5) is 0. The molecule has 0 spiro atoms. The lowest BCUT2D eigenvalue weighted by atomic mass is 9.94. The van der Waals surface area contributed by atoms with Gasteiger partial charge in [-0.15, -0.1) is 0 Å². The van der Waals surface area contributed by atoms with E-state index >= 15 is 0 Å². The van der Waals surface area contributed by atoms with Gasteiger partial charge in [-0.3, -0.25) is 0 Å². The van der Waals surface area contributed by atoms with Crippen molar-refractivity contribution in [3.05, 3.63) is 71.5 Å². The summed E-state index contributed by atoms with van der Waals surface area (Å²) in [6, 6.07) is 16.3. The summed E-state index contributed by atoms with van der Waals surface area (Å²) in [6.07, 6.45) is -0.160. The van der Waals surface area contributed by atoms with Crippen LogP contribution in [0.5, 0.6) is 0 Å². The maximum Gasteiger partial charge on any atom is 0.128 e. The molecule has 2 atom stereocenters. The van der Waals surface area contributed by atoms with E-state index in [9.17, 15) is 4.39 Å². The molecule has 0 amide bonds. The van der Waals surface area contributed by atoms with Gasteiger partial charge in [0, 0.05) is 5.56 Å². The van der Waals surface area contributed by atoms with E-state index in [1.165, 1.54) is 6.07 Å². The van der Waals surface area contributed by atoms with Crippen LogP contribution in [0.3, 0.4) is 0 Å². The van der Waals surface area contributed by atoms with Gasteiger partial charge in [-0.05, 0) is 17.5 Å². The molecule has 112 valence electrons. The molecule has 0 aliphatic heterocycles. The molecule has 0 bridgehead atoms. The lowest BCUT2D eigenvalue weighted by Crippen LogP contribution is -2.33. The number of hydrogen-bond donors (Lipinski definition) is 1.